The van der Waals surface area contributed by atoms with Crippen LogP contribution in [-0.4, -0.2) is 8.80 Å². The van der Waals surface area contributed by atoms with Gasteiger partial charge in [-0.25, -0.2) is 8.78 Å². The second-order valence-corrected chi connectivity index (χ2v) is 14.0. The Morgan fingerprint density at radius 3 is 2.14 bits per heavy atom. The standard InChI is InChI=1S/C29H39F5Si/c1-2-3-4-5-8-17-35-18-15-23(16-19-35)10-7-6-9-22-11-13-24(14-12-22)25-20-26(30)28(27(31)21-25)29(32,33)34/h7,10,20-24,35H,2-5,8,11-19H2,1H3. The van der Waals surface area contributed by atoms with Gasteiger partial charge in [0.2, 0.25) is 0 Å². The summed E-state index contributed by atoms with van der Waals surface area (Å²) in [5.74, 6) is 4.23. The summed E-state index contributed by atoms with van der Waals surface area (Å²) in [6, 6.07) is 6.16. The van der Waals surface area contributed by atoms with Gasteiger partial charge in [-0.3, -0.25) is 0 Å². The van der Waals surface area contributed by atoms with Crippen molar-refractivity contribution in [3.63, 3.8) is 0 Å². The molecule has 2 aliphatic rings. The molecule has 1 aromatic carbocycles. The molecule has 1 aliphatic heterocycles. The molecule has 0 amide bonds. The zero-order chi connectivity index (χ0) is 25.3. The lowest BCUT2D eigenvalue weighted by Crippen LogP contribution is -2.20. The van der Waals surface area contributed by atoms with Crippen LogP contribution in [0.5, 0.6) is 0 Å². The van der Waals surface area contributed by atoms with Crippen molar-refractivity contribution < 1.29 is 22.0 Å². The average Bonchev–Trinajstić information content (AvgIpc) is 2.81. The average molecular weight is 511 g/mol. The first-order valence-corrected chi connectivity index (χ1v) is 16.0. The summed E-state index contributed by atoms with van der Waals surface area (Å²) in [5, 5.41) is 0. The van der Waals surface area contributed by atoms with Crippen molar-refractivity contribution in [3.05, 3.63) is 47.0 Å². The van der Waals surface area contributed by atoms with E-state index in [1.807, 2.05) is 6.08 Å². The molecule has 0 aromatic heterocycles. The first-order chi connectivity index (χ1) is 16.8. The number of unbranched alkanes of at least 4 members (excludes halogenated alkanes) is 4. The van der Waals surface area contributed by atoms with Gasteiger partial charge in [0.05, 0.1) is 0 Å². The van der Waals surface area contributed by atoms with Crippen LogP contribution in [0.25, 0.3) is 0 Å². The number of halogens is 5. The molecule has 1 heterocycles. The highest BCUT2D eigenvalue weighted by molar-refractivity contribution is 6.58. The molecule has 0 bridgehead atoms. The maximum Gasteiger partial charge on any atom is 0.422 e. The molecule has 6 heteroatoms. The summed E-state index contributed by atoms with van der Waals surface area (Å²) < 4.78 is 66.2. The molecule has 2 fully saturated rings. The van der Waals surface area contributed by atoms with Crippen LogP contribution < -0.4 is 0 Å². The minimum Gasteiger partial charge on any atom is -0.206 e. The van der Waals surface area contributed by atoms with Crippen molar-refractivity contribution in [3.8, 4) is 11.8 Å². The number of benzene rings is 1. The predicted octanol–water partition coefficient (Wildman–Crippen LogP) is 9.42. The van der Waals surface area contributed by atoms with Crippen LogP contribution in [0.4, 0.5) is 22.0 Å². The zero-order valence-corrected chi connectivity index (χ0v) is 22.1. The minimum absolute atomic E-state index is 0.124. The van der Waals surface area contributed by atoms with Crippen molar-refractivity contribution in [1.29, 1.82) is 0 Å². The van der Waals surface area contributed by atoms with Crippen LogP contribution in [0.1, 0.15) is 94.6 Å². The SMILES string of the molecule is CCCCCCC[SiH]1CCC(C=CC#CC2CCC(c3cc(F)c(C(F)(F)F)c(F)c3)CC2)CC1. The highest BCUT2D eigenvalue weighted by atomic mass is 28.3. The van der Waals surface area contributed by atoms with Crippen molar-refractivity contribution in [2.24, 2.45) is 11.8 Å². The van der Waals surface area contributed by atoms with Gasteiger partial charge in [-0.05, 0) is 74.1 Å². The highest BCUT2D eigenvalue weighted by Gasteiger charge is 2.38. The Bertz CT molecular complexity index is 856. The fraction of sp³-hybridized carbons (Fsp3) is 0.655. The number of hydrogen-bond acceptors (Lipinski definition) is 0. The van der Waals surface area contributed by atoms with E-state index in [1.54, 1.807) is 0 Å². The molecule has 0 unspecified atom stereocenters. The van der Waals surface area contributed by atoms with Crippen molar-refractivity contribution in [2.45, 2.75) is 108 Å². The fourth-order valence-electron chi connectivity index (χ4n) is 5.73. The summed E-state index contributed by atoms with van der Waals surface area (Å²) in [6.45, 7) is 2.26. The largest absolute Gasteiger partial charge is 0.422 e. The Hall–Kier alpha value is -1.61. The molecule has 194 valence electrons. The van der Waals surface area contributed by atoms with E-state index >= 15 is 0 Å². The van der Waals surface area contributed by atoms with Crippen molar-refractivity contribution in [1.82, 2.24) is 0 Å². The molecule has 0 N–H and O–H groups in total. The van der Waals surface area contributed by atoms with E-state index in [2.05, 4.69) is 24.8 Å². The van der Waals surface area contributed by atoms with Crippen LogP contribution in [0, 0.1) is 35.3 Å². The molecule has 1 saturated carbocycles. The Morgan fingerprint density at radius 2 is 1.54 bits per heavy atom. The molecule has 1 saturated heterocycles. The Kier molecular flexibility index (Phi) is 10.9. The molecule has 0 spiro atoms. The summed E-state index contributed by atoms with van der Waals surface area (Å²) in [6.07, 6.45) is 11.8. The van der Waals surface area contributed by atoms with Gasteiger partial charge in [0.25, 0.3) is 0 Å². The number of hydrogen-bond donors (Lipinski definition) is 0. The van der Waals surface area contributed by atoms with E-state index in [-0.39, 0.29) is 11.8 Å². The van der Waals surface area contributed by atoms with Gasteiger partial charge in [0, 0.05) is 14.7 Å². The van der Waals surface area contributed by atoms with E-state index in [9.17, 15) is 22.0 Å². The van der Waals surface area contributed by atoms with Crippen molar-refractivity contribution in [2.75, 3.05) is 0 Å². The maximum absolute atomic E-state index is 13.9. The highest BCUT2D eigenvalue weighted by Crippen LogP contribution is 2.39. The van der Waals surface area contributed by atoms with E-state index in [0.717, 1.165) is 25.0 Å². The number of rotatable bonds is 8. The maximum atomic E-state index is 13.9. The smallest absolute Gasteiger partial charge is 0.206 e. The molecular weight excluding hydrogens is 471 g/mol. The van der Waals surface area contributed by atoms with Crippen molar-refractivity contribution >= 4 is 8.80 Å². The first kappa shape index (κ1) is 28.0. The van der Waals surface area contributed by atoms with Crippen LogP contribution in [0.2, 0.25) is 18.1 Å². The van der Waals surface area contributed by atoms with Crippen LogP contribution in [0.3, 0.4) is 0 Å². The second-order valence-electron chi connectivity index (χ2n) is 10.5. The van der Waals surface area contributed by atoms with E-state index in [4.69, 9.17) is 0 Å². The normalized spacial score (nSPS) is 25.4. The molecule has 0 radical (unpaired) electrons. The van der Waals surface area contributed by atoms with Gasteiger partial charge < -0.3 is 0 Å². The third kappa shape index (κ3) is 8.77. The van der Waals surface area contributed by atoms with Gasteiger partial charge in [-0.15, -0.1) is 0 Å². The van der Waals surface area contributed by atoms with Gasteiger partial charge in [0.15, 0.2) is 0 Å². The van der Waals surface area contributed by atoms with Gasteiger partial charge in [0.1, 0.15) is 17.2 Å². The Balaban J connectivity index is 1.39. The molecule has 1 aromatic rings. The Labute approximate surface area is 209 Å². The molecule has 1 aliphatic carbocycles. The number of alkyl halides is 3. The lowest BCUT2D eigenvalue weighted by Gasteiger charge is -2.26. The van der Waals surface area contributed by atoms with Crippen LogP contribution in [0.15, 0.2) is 24.3 Å². The van der Waals surface area contributed by atoms with Crippen LogP contribution in [-0.2, 0) is 6.18 Å². The minimum atomic E-state index is -5.03. The summed E-state index contributed by atoms with van der Waals surface area (Å²) >= 11 is 0. The van der Waals surface area contributed by atoms with Gasteiger partial charge >= 0.3 is 6.18 Å². The summed E-state index contributed by atoms with van der Waals surface area (Å²) in [7, 11) is -0.503. The molecule has 0 nitrogen and oxygen atoms in total. The first-order valence-electron chi connectivity index (χ1n) is 13.5. The topological polar surface area (TPSA) is 0 Å². The number of allylic oxidation sites excluding steroid dienone is 2. The quantitative estimate of drug-likeness (QED) is 0.141. The lowest BCUT2D eigenvalue weighted by molar-refractivity contribution is -0.142. The monoisotopic (exact) mass is 510 g/mol. The second kappa shape index (κ2) is 13.6. The lowest BCUT2D eigenvalue weighted by atomic mass is 9.78. The zero-order valence-electron chi connectivity index (χ0n) is 20.9. The van der Waals surface area contributed by atoms with E-state index in [1.165, 1.54) is 63.1 Å². The molecule has 0 atom stereocenters. The fourth-order valence-corrected chi connectivity index (χ4v) is 9.26. The van der Waals surface area contributed by atoms with Gasteiger partial charge in [-0.2, -0.15) is 13.2 Å². The third-order valence-corrected chi connectivity index (χ3v) is 11.4. The molecule has 35 heavy (non-hydrogen) atoms. The van der Waals surface area contributed by atoms with E-state index < -0.39 is 32.2 Å². The Morgan fingerprint density at radius 1 is 0.914 bits per heavy atom. The molecule has 3 rings (SSSR count). The third-order valence-electron chi connectivity index (χ3n) is 7.89. The van der Waals surface area contributed by atoms with Gasteiger partial charge in [-0.1, -0.05) is 75.1 Å². The van der Waals surface area contributed by atoms with Crippen LogP contribution >= 0.6 is 0 Å². The summed E-state index contributed by atoms with van der Waals surface area (Å²) in [4.78, 5) is 0. The van der Waals surface area contributed by atoms with E-state index in [0.29, 0.717) is 24.3 Å². The summed E-state index contributed by atoms with van der Waals surface area (Å²) in [5.41, 5.74) is -1.48. The molecular formula is C29H39F5Si. The predicted molar refractivity (Wildman–Crippen MR) is 136 cm³/mol.